The van der Waals surface area contributed by atoms with Crippen LogP contribution in [0, 0.1) is 11.8 Å². The highest BCUT2D eigenvalue weighted by Gasteiger charge is 2.36. The van der Waals surface area contributed by atoms with Gasteiger partial charge in [0.1, 0.15) is 5.75 Å². The average Bonchev–Trinajstić information content (AvgIpc) is 3.04. The Labute approximate surface area is 148 Å². The normalized spacial score (nSPS) is 23.6. The average molecular weight is 345 g/mol. The molecule has 0 aromatic heterocycles. The smallest absolute Gasteiger partial charge is 0.227 e. The van der Waals surface area contributed by atoms with Crippen LogP contribution in [0.2, 0.25) is 0 Å². The van der Waals surface area contributed by atoms with Crippen molar-refractivity contribution in [3.63, 3.8) is 0 Å². The molecule has 25 heavy (non-hydrogen) atoms. The van der Waals surface area contributed by atoms with E-state index in [-0.39, 0.29) is 24.2 Å². The second kappa shape index (κ2) is 8.34. The second-order valence-electron chi connectivity index (χ2n) is 6.87. The molecule has 2 fully saturated rings. The van der Waals surface area contributed by atoms with Gasteiger partial charge in [-0.05, 0) is 50.4 Å². The molecule has 2 heterocycles. The molecular formula is C19H27N3O3. The Morgan fingerprint density at radius 3 is 3.00 bits per heavy atom. The summed E-state index contributed by atoms with van der Waals surface area (Å²) in [5.41, 5.74) is 0.735. The first-order valence-corrected chi connectivity index (χ1v) is 9.11. The molecule has 136 valence electrons. The number of rotatable bonds is 6. The third-order valence-electron chi connectivity index (χ3n) is 5.12. The fourth-order valence-electron chi connectivity index (χ4n) is 3.68. The van der Waals surface area contributed by atoms with Crippen molar-refractivity contribution in [3.8, 4) is 5.75 Å². The Hall–Kier alpha value is -2.08. The number of piperidine rings is 1. The van der Waals surface area contributed by atoms with Crippen LogP contribution in [0.4, 0.5) is 5.69 Å². The summed E-state index contributed by atoms with van der Waals surface area (Å²) in [5, 5.41) is 6.41. The molecule has 2 N–H and O–H groups in total. The summed E-state index contributed by atoms with van der Waals surface area (Å²) < 4.78 is 5.33. The highest BCUT2D eigenvalue weighted by molar-refractivity contribution is 6.01. The SMILES string of the molecule is COc1ccccc1N1CC(C(=O)NCCC2CCCNC2)CC1=O. The zero-order chi connectivity index (χ0) is 17.6. The summed E-state index contributed by atoms with van der Waals surface area (Å²) in [7, 11) is 1.59. The molecule has 2 saturated heterocycles. The molecule has 2 unspecified atom stereocenters. The Kier molecular flexibility index (Phi) is 5.91. The molecule has 2 aliphatic rings. The summed E-state index contributed by atoms with van der Waals surface area (Å²) in [6.07, 6.45) is 3.69. The summed E-state index contributed by atoms with van der Waals surface area (Å²) in [4.78, 5) is 26.4. The van der Waals surface area contributed by atoms with E-state index in [2.05, 4.69) is 10.6 Å². The molecule has 0 spiro atoms. The van der Waals surface area contributed by atoms with Crippen molar-refractivity contribution < 1.29 is 14.3 Å². The molecule has 6 nitrogen and oxygen atoms in total. The first-order valence-electron chi connectivity index (χ1n) is 9.11. The van der Waals surface area contributed by atoms with Gasteiger partial charge < -0.3 is 20.3 Å². The number of benzene rings is 1. The van der Waals surface area contributed by atoms with Gasteiger partial charge in [0.2, 0.25) is 11.8 Å². The lowest BCUT2D eigenvalue weighted by molar-refractivity contribution is -0.126. The largest absolute Gasteiger partial charge is 0.495 e. The van der Waals surface area contributed by atoms with E-state index in [0.29, 0.717) is 24.8 Å². The lowest BCUT2D eigenvalue weighted by Crippen LogP contribution is -2.36. The number of hydrogen-bond acceptors (Lipinski definition) is 4. The fraction of sp³-hybridized carbons (Fsp3) is 0.579. The zero-order valence-corrected chi connectivity index (χ0v) is 14.8. The van der Waals surface area contributed by atoms with Crippen LogP contribution in [-0.4, -0.2) is 45.1 Å². The van der Waals surface area contributed by atoms with Crippen molar-refractivity contribution in [2.45, 2.75) is 25.7 Å². The molecule has 1 aromatic carbocycles. The fourth-order valence-corrected chi connectivity index (χ4v) is 3.68. The zero-order valence-electron chi connectivity index (χ0n) is 14.8. The number of hydrogen-bond donors (Lipinski definition) is 2. The van der Waals surface area contributed by atoms with Crippen LogP contribution >= 0.6 is 0 Å². The molecule has 0 aliphatic carbocycles. The molecule has 2 amide bonds. The quantitative estimate of drug-likeness (QED) is 0.821. The van der Waals surface area contributed by atoms with E-state index in [1.165, 1.54) is 12.8 Å². The predicted molar refractivity (Wildman–Crippen MR) is 96.7 cm³/mol. The third-order valence-corrected chi connectivity index (χ3v) is 5.12. The second-order valence-corrected chi connectivity index (χ2v) is 6.87. The van der Waals surface area contributed by atoms with Crippen LogP contribution in [0.25, 0.3) is 0 Å². The standard InChI is InChI=1S/C19H27N3O3/c1-25-17-7-3-2-6-16(17)22-13-15(11-18(22)23)19(24)21-10-8-14-5-4-9-20-12-14/h2-3,6-7,14-15,20H,4-5,8-13H2,1H3,(H,21,24). The number of para-hydroxylation sites is 2. The van der Waals surface area contributed by atoms with Gasteiger partial charge in [-0.25, -0.2) is 0 Å². The monoisotopic (exact) mass is 345 g/mol. The van der Waals surface area contributed by atoms with Crippen molar-refractivity contribution in [2.75, 3.05) is 38.2 Å². The van der Waals surface area contributed by atoms with Crippen molar-refractivity contribution in [2.24, 2.45) is 11.8 Å². The first-order chi connectivity index (χ1) is 12.2. The van der Waals surface area contributed by atoms with Crippen LogP contribution in [0.1, 0.15) is 25.7 Å². The van der Waals surface area contributed by atoms with Crippen LogP contribution in [0.5, 0.6) is 5.75 Å². The maximum absolute atomic E-state index is 12.4. The number of carbonyl (C=O) groups is 2. The minimum absolute atomic E-state index is 0.0190. The molecule has 3 rings (SSSR count). The van der Waals surface area contributed by atoms with Gasteiger partial charge in [0.25, 0.3) is 0 Å². The minimum atomic E-state index is -0.290. The minimum Gasteiger partial charge on any atom is -0.495 e. The van der Waals surface area contributed by atoms with Crippen molar-refractivity contribution in [1.82, 2.24) is 10.6 Å². The van der Waals surface area contributed by atoms with Crippen LogP contribution in [-0.2, 0) is 9.59 Å². The third kappa shape index (κ3) is 4.31. The van der Waals surface area contributed by atoms with Crippen LogP contribution in [0.3, 0.4) is 0 Å². The highest BCUT2D eigenvalue weighted by atomic mass is 16.5. The van der Waals surface area contributed by atoms with E-state index in [4.69, 9.17) is 4.74 Å². The highest BCUT2D eigenvalue weighted by Crippen LogP contribution is 2.32. The van der Waals surface area contributed by atoms with E-state index < -0.39 is 0 Å². The topological polar surface area (TPSA) is 70.7 Å². The van der Waals surface area contributed by atoms with Gasteiger partial charge >= 0.3 is 0 Å². The van der Waals surface area contributed by atoms with Gasteiger partial charge in [-0.15, -0.1) is 0 Å². The number of carbonyl (C=O) groups excluding carboxylic acids is 2. The van der Waals surface area contributed by atoms with E-state index in [0.717, 1.165) is 25.2 Å². The lowest BCUT2D eigenvalue weighted by Gasteiger charge is -2.23. The lowest BCUT2D eigenvalue weighted by atomic mass is 9.96. The van der Waals surface area contributed by atoms with Gasteiger partial charge in [0.15, 0.2) is 0 Å². The number of nitrogens with one attached hydrogen (secondary N) is 2. The molecule has 2 atom stereocenters. The number of methoxy groups -OCH3 is 1. The first kappa shape index (κ1) is 17.7. The van der Waals surface area contributed by atoms with Gasteiger partial charge in [0, 0.05) is 19.5 Å². The number of amides is 2. The Balaban J connectivity index is 1.52. The number of anilines is 1. The van der Waals surface area contributed by atoms with E-state index in [9.17, 15) is 9.59 Å². The maximum Gasteiger partial charge on any atom is 0.227 e. The molecule has 1 aromatic rings. The summed E-state index contributed by atoms with van der Waals surface area (Å²) in [5.74, 6) is 0.962. The van der Waals surface area contributed by atoms with Crippen LogP contribution < -0.4 is 20.3 Å². The van der Waals surface area contributed by atoms with E-state index in [1.54, 1.807) is 12.0 Å². The summed E-state index contributed by atoms with van der Waals surface area (Å²) in [6, 6.07) is 7.42. The molecule has 0 bridgehead atoms. The van der Waals surface area contributed by atoms with Gasteiger partial charge in [0.05, 0.1) is 18.7 Å². The summed E-state index contributed by atoms with van der Waals surface area (Å²) in [6.45, 7) is 3.24. The van der Waals surface area contributed by atoms with Gasteiger partial charge in [-0.2, -0.15) is 0 Å². The van der Waals surface area contributed by atoms with Crippen LogP contribution in [0.15, 0.2) is 24.3 Å². The Bertz CT molecular complexity index is 614. The molecule has 6 heteroatoms. The van der Waals surface area contributed by atoms with Crippen molar-refractivity contribution in [1.29, 1.82) is 0 Å². The number of ether oxygens (including phenoxy) is 1. The molecule has 2 aliphatic heterocycles. The molecular weight excluding hydrogens is 318 g/mol. The Morgan fingerprint density at radius 2 is 2.24 bits per heavy atom. The predicted octanol–water partition coefficient (Wildman–Crippen LogP) is 1.55. The Morgan fingerprint density at radius 1 is 1.40 bits per heavy atom. The number of nitrogens with zero attached hydrogens (tertiary/aromatic N) is 1. The summed E-state index contributed by atoms with van der Waals surface area (Å²) >= 11 is 0. The van der Waals surface area contributed by atoms with E-state index in [1.807, 2.05) is 24.3 Å². The maximum atomic E-state index is 12.4. The molecule has 0 radical (unpaired) electrons. The van der Waals surface area contributed by atoms with Crippen molar-refractivity contribution in [3.05, 3.63) is 24.3 Å². The van der Waals surface area contributed by atoms with Gasteiger partial charge in [-0.1, -0.05) is 12.1 Å². The van der Waals surface area contributed by atoms with Gasteiger partial charge in [-0.3, -0.25) is 9.59 Å². The van der Waals surface area contributed by atoms with Crippen molar-refractivity contribution >= 4 is 17.5 Å². The molecule has 0 saturated carbocycles. The van der Waals surface area contributed by atoms with E-state index >= 15 is 0 Å².